The molecule has 1 aliphatic heterocycles. The second-order valence-corrected chi connectivity index (χ2v) is 7.15. The first-order chi connectivity index (χ1) is 13.6. The highest BCUT2D eigenvalue weighted by atomic mass is 16.2. The van der Waals surface area contributed by atoms with Crippen LogP contribution in [0.3, 0.4) is 0 Å². The average molecular weight is 378 g/mol. The van der Waals surface area contributed by atoms with Gasteiger partial charge in [0.2, 0.25) is 5.91 Å². The molecule has 4 rings (SSSR count). The number of hydrogen-bond acceptors (Lipinski definition) is 5. The Morgan fingerprint density at radius 1 is 1.21 bits per heavy atom. The third-order valence-corrected chi connectivity index (χ3v) is 5.06. The van der Waals surface area contributed by atoms with Crippen LogP contribution in [0.5, 0.6) is 0 Å². The molecule has 0 bridgehead atoms. The highest BCUT2D eigenvalue weighted by Gasteiger charge is 2.32. The number of carbonyl (C=O) groups excluding carboxylic acids is 2. The van der Waals surface area contributed by atoms with Crippen molar-refractivity contribution in [1.82, 2.24) is 29.4 Å². The van der Waals surface area contributed by atoms with Gasteiger partial charge in [-0.15, -0.1) is 0 Å². The van der Waals surface area contributed by atoms with Crippen LogP contribution in [0.25, 0.3) is 5.65 Å². The molecule has 1 aliphatic rings. The summed E-state index contributed by atoms with van der Waals surface area (Å²) in [6.45, 7) is 0.707. The minimum absolute atomic E-state index is 0.0669. The molecule has 0 aliphatic carbocycles. The molecule has 3 aromatic rings. The zero-order chi connectivity index (χ0) is 19.7. The number of fused-ring (bicyclic) bond motifs is 1. The summed E-state index contributed by atoms with van der Waals surface area (Å²) in [5, 5.41) is 4.40. The van der Waals surface area contributed by atoms with E-state index in [1.165, 1.54) is 4.90 Å². The fourth-order valence-corrected chi connectivity index (χ4v) is 3.71. The summed E-state index contributed by atoms with van der Waals surface area (Å²) in [4.78, 5) is 37.2. The van der Waals surface area contributed by atoms with Crippen LogP contribution in [0, 0.1) is 0 Å². The Hall–Kier alpha value is -3.29. The van der Waals surface area contributed by atoms with Crippen LogP contribution in [-0.2, 0) is 11.2 Å². The summed E-state index contributed by atoms with van der Waals surface area (Å²) >= 11 is 0. The third-order valence-electron chi connectivity index (χ3n) is 5.06. The van der Waals surface area contributed by atoms with E-state index in [2.05, 4.69) is 15.1 Å². The van der Waals surface area contributed by atoms with Gasteiger partial charge in [0.15, 0.2) is 5.65 Å². The molecule has 2 amide bonds. The van der Waals surface area contributed by atoms with Gasteiger partial charge in [0, 0.05) is 39.2 Å². The molecule has 0 unspecified atom stereocenters. The molecule has 8 nitrogen and oxygen atoms in total. The van der Waals surface area contributed by atoms with Gasteiger partial charge in [-0.3, -0.25) is 14.6 Å². The van der Waals surface area contributed by atoms with Crippen LogP contribution in [-0.4, -0.2) is 61.8 Å². The lowest BCUT2D eigenvalue weighted by Gasteiger charge is -2.25. The van der Waals surface area contributed by atoms with Gasteiger partial charge < -0.3 is 9.80 Å². The quantitative estimate of drug-likeness (QED) is 0.690. The van der Waals surface area contributed by atoms with Gasteiger partial charge >= 0.3 is 0 Å². The van der Waals surface area contributed by atoms with Crippen molar-refractivity contribution in [3.05, 3.63) is 59.8 Å². The number of aromatic nitrogens is 4. The maximum Gasteiger partial charge on any atom is 0.258 e. The third kappa shape index (κ3) is 3.21. The molecular weight excluding hydrogens is 356 g/mol. The van der Waals surface area contributed by atoms with E-state index >= 15 is 0 Å². The molecule has 1 atom stereocenters. The van der Waals surface area contributed by atoms with Crippen molar-refractivity contribution in [3.8, 4) is 0 Å². The van der Waals surface area contributed by atoms with E-state index in [0.29, 0.717) is 24.2 Å². The second-order valence-electron chi connectivity index (χ2n) is 7.15. The predicted octanol–water partition coefficient (Wildman–Crippen LogP) is 1.73. The zero-order valence-corrected chi connectivity index (χ0v) is 15.9. The number of pyridine rings is 1. The number of amides is 2. The second kappa shape index (κ2) is 7.38. The molecule has 1 fully saturated rings. The normalized spacial score (nSPS) is 16.5. The topological polar surface area (TPSA) is 83.7 Å². The number of hydrogen-bond donors (Lipinski definition) is 0. The van der Waals surface area contributed by atoms with Crippen molar-refractivity contribution < 1.29 is 9.59 Å². The molecule has 144 valence electrons. The Bertz CT molecular complexity index is 1010. The van der Waals surface area contributed by atoms with Crippen LogP contribution in [0.1, 0.15) is 40.5 Å². The SMILES string of the molecule is CN(C)C(=O)c1cnn2c([C@H]3CCCN3C(=O)Cc3cccnc3)ccnc12. The van der Waals surface area contributed by atoms with Crippen LogP contribution >= 0.6 is 0 Å². The predicted molar refractivity (Wildman–Crippen MR) is 103 cm³/mol. The molecule has 8 heteroatoms. The van der Waals surface area contributed by atoms with Crippen molar-refractivity contribution >= 4 is 17.5 Å². The van der Waals surface area contributed by atoms with Gasteiger partial charge in [-0.1, -0.05) is 6.07 Å². The molecule has 1 saturated heterocycles. The van der Waals surface area contributed by atoms with Crippen LogP contribution < -0.4 is 0 Å². The monoisotopic (exact) mass is 378 g/mol. The highest BCUT2D eigenvalue weighted by Crippen LogP contribution is 2.32. The van der Waals surface area contributed by atoms with E-state index < -0.39 is 0 Å². The minimum atomic E-state index is -0.143. The molecule has 3 aromatic heterocycles. The van der Waals surface area contributed by atoms with E-state index in [9.17, 15) is 9.59 Å². The maximum atomic E-state index is 12.9. The van der Waals surface area contributed by atoms with E-state index in [0.717, 1.165) is 24.1 Å². The van der Waals surface area contributed by atoms with Gasteiger partial charge in [-0.2, -0.15) is 5.10 Å². The fourth-order valence-electron chi connectivity index (χ4n) is 3.71. The first kappa shape index (κ1) is 18.1. The number of likely N-dealkylation sites (tertiary alicyclic amines) is 1. The average Bonchev–Trinajstić information content (AvgIpc) is 3.35. The Morgan fingerprint density at radius 2 is 2.07 bits per heavy atom. The van der Waals surface area contributed by atoms with Gasteiger partial charge in [0.25, 0.3) is 5.91 Å². The maximum absolute atomic E-state index is 12.9. The van der Waals surface area contributed by atoms with E-state index in [4.69, 9.17) is 0 Å². The Kier molecular flexibility index (Phi) is 4.77. The first-order valence-electron chi connectivity index (χ1n) is 9.29. The van der Waals surface area contributed by atoms with Crippen molar-refractivity contribution in [2.75, 3.05) is 20.6 Å². The van der Waals surface area contributed by atoms with Crippen LogP contribution in [0.2, 0.25) is 0 Å². The Balaban J connectivity index is 1.65. The van der Waals surface area contributed by atoms with E-state index in [1.807, 2.05) is 23.1 Å². The lowest BCUT2D eigenvalue weighted by Crippen LogP contribution is -2.32. The summed E-state index contributed by atoms with van der Waals surface area (Å²) in [6, 6.07) is 5.54. The molecule has 0 aromatic carbocycles. The zero-order valence-electron chi connectivity index (χ0n) is 15.9. The summed E-state index contributed by atoms with van der Waals surface area (Å²) < 4.78 is 1.69. The molecule has 28 heavy (non-hydrogen) atoms. The number of nitrogens with zero attached hydrogens (tertiary/aromatic N) is 6. The molecule has 4 heterocycles. The van der Waals surface area contributed by atoms with Gasteiger partial charge in [-0.05, 0) is 30.5 Å². The number of rotatable bonds is 4. The standard InChI is InChI=1S/C20H22N6O2/c1-24(2)20(28)15-13-23-26-17(7-9-22-19(15)26)16-6-4-10-25(16)18(27)11-14-5-3-8-21-12-14/h3,5,7-9,12-13,16H,4,6,10-11H2,1-2H3/t16-/m1/s1. The van der Waals surface area contributed by atoms with Gasteiger partial charge in [0.05, 0.1) is 24.4 Å². The Morgan fingerprint density at radius 3 is 2.82 bits per heavy atom. The van der Waals surface area contributed by atoms with Crippen molar-refractivity contribution in [1.29, 1.82) is 0 Å². The summed E-state index contributed by atoms with van der Waals surface area (Å²) in [5.41, 5.74) is 2.75. The molecule has 0 N–H and O–H groups in total. The number of carbonyl (C=O) groups is 2. The summed E-state index contributed by atoms with van der Waals surface area (Å²) in [7, 11) is 3.40. The van der Waals surface area contributed by atoms with E-state index in [-0.39, 0.29) is 17.9 Å². The van der Waals surface area contributed by atoms with Crippen molar-refractivity contribution in [2.24, 2.45) is 0 Å². The molecule has 0 saturated carbocycles. The smallest absolute Gasteiger partial charge is 0.258 e. The molecule has 0 spiro atoms. The minimum Gasteiger partial charge on any atom is -0.345 e. The summed E-state index contributed by atoms with van der Waals surface area (Å²) in [6.07, 6.45) is 8.76. The first-order valence-corrected chi connectivity index (χ1v) is 9.29. The molecular formula is C20H22N6O2. The van der Waals surface area contributed by atoms with E-state index in [1.54, 1.807) is 43.4 Å². The van der Waals surface area contributed by atoms with Crippen LogP contribution in [0.4, 0.5) is 0 Å². The van der Waals surface area contributed by atoms with Crippen molar-refractivity contribution in [2.45, 2.75) is 25.3 Å². The largest absolute Gasteiger partial charge is 0.345 e. The lowest BCUT2D eigenvalue weighted by molar-refractivity contribution is -0.131. The van der Waals surface area contributed by atoms with Crippen LogP contribution in [0.15, 0.2) is 43.0 Å². The molecule has 0 radical (unpaired) electrons. The summed E-state index contributed by atoms with van der Waals surface area (Å²) in [5.74, 6) is -0.0761. The lowest BCUT2D eigenvalue weighted by atomic mass is 10.1. The van der Waals surface area contributed by atoms with Gasteiger partial charge in [0.1, 0.15) is 5.56 Å². The Labute approximate surface area is 162 Å². The highest BCUT2D eigenvalue weighted by molar-refractivity contribution is 5.99. The fraction of sp³-hybridized carbons (Fsp3) is 0.350. The van der Waals surface area contributed by atoms with Crippen molar-refractivity contribution in [3.63, 3.8) is 0 Å². The van der Waals surface area contributed by atoms with Gasteiger partial charge in [-0.25, -0.2) is 9.50 Å².